The second kappa shape index (κ2) is 5.55. The first-order valence-electron chi connectivity index (χ1n) is 5.25. The van der Waals surface area contributed by atoms with Crippen molar-refractivity contribution in [1.82, 2.24) is 4.72 Å². The molecule has 1 rings (SSSR count). The molecule has 0 spiro atoms. The summed E-state index contributed by atoms with van der Waals surface area (Å²) in [5.41, 5.74) is 0.165. The number of halogens is 2. The zero-order valence-electron chi connectivity index (χ0n) is 9.70. The number of benzene rings is 1. The van der Waals surface area contributed by atoms with Gasteiger partial charge in [0.25, 0.3) is 0 Å². The lowest BCUT2D eigenvalue weighted by Crippen LogP contribution is -2.28. The molecule has 1 aromatic carbocycles. The Bertz CT molecular complexity index is 488. The summed E-state index contributed by atoms with van der Waals surface area (Å²) in [6, 6.07) is 2.48. The summed E-state index contributed by atoms with van der Waals surface area (Å²) < 4.78 is 50.9. The molecule has 0 unspecified atom stereocenters. The van der Waals surface area contributed by atoms with E-state index < -0.39 is 27.7 Å². The summed E-state index contributed by atoms with van der Waals surface area (Å²) in [6.45, 7) is 1.86. The molecule has 0 fully saturated rings. The van der Waals surface area contributed by atoms with Crippen LogP contribution in [0.5, 0.6) is 0 Å². The molecule has 96 valence electrons. The highest BCUT2D eigenvalue weighted by Gasteiger charge is 2.18. The summed E-state index contributed by atoms with van der Waals surface area (Å²) in [7, 11) is -3.43. The van der Waals surface area contributed by atoms with E-state index >= 15 is 0 Å². The molecule has 0 radical (unpaired) electrons. The third-order valence-electron chi connectivity index (χ3n) is 2.27. The van der Waals surface area contributed by atoms with Crippen molar-refractivity contribution in [2.75, 3.05) is 6.26 Å². The summed E-state index contributed by atoms with van der Waals surface area (Å²) in [4.78, 5) is 0. The Morgan fingerprint density at radius 1 is 1.35 bits per heavy atom. The third-order valence-corrected chi connectivity index (χ3v) is 2.98. The molecule has 0 amide bonds. The SMILES string of the molecule is CCC[C@@H](NS(C)(=O)=O)c1ccc(F)cc1F. The lowest BCUT2D eigenvalue weighted by atomic mass is 10.0. The van der Waals surface area contributed by atoms with Crippen LogP contribution < -0.4 is 4.72 Å². The molecule has 1 aromatic rings. The number of hydrogen-bond acceptors (Lipinski definition) is 2. The monoisotopic (exact) mass is 263 g/mol. The van der Waals surface area contributed by atoms with Crippen molar-refractivity contribution in [1.29, 1.82) is 0 Å². The zero-order valence-corrected chi connectivity index (χ0v) is 10.5. The number of sulfonamides is 1. The van der Waals surface area contributed by atoms with Gasteiger partial charge >= 0.3 is 0 Å². The van der Waals surface area contributed by atoms with Crippen molar-refractivity contribution in [3.63, 3.8) is 0 Å². The van der Waals surface area contributed by atoms with E-state index in [1.807, 2.05) is 6.92 Å². The van der Waals surface area contributed by atoms with Gasteiger partial charge in [-0.15, -0.1) is 0 Å². The van der Waals surface area contributed by atoms with Crippen LogP contribution in [-0.4, -0.2) is 14.7 Å². The maximum absolute atomic E-state index is 13.5. The van der Waals surface area contributed by atoms with Gasteiger partial charge in [-0.2, -0.15) is 0 Å². The number of nitrogens with one attached hydrogen (secondary N) is 1. The first-order chi connectivity index (χ1) is 7.83. The van der Waals surface area contributed by atoms with E-state index in [1.54, 1.807) is 0 Å². The van der Waals surface area contributed by atoms with E-state index in [2.05, 4.69) is 4.72 Å². The molecular formula is C11H15F2NO2S. The Morgan fingerprint density at radius 3 is 2.47 bits per heavy atom. The lowest BCUT2D eigenvalue weighted by molar-refractivity contribution is 0.508. The Balaban J connectivity index is 3.05. The first-order valence-corrected chi connectivity index (χ1v) is 7.15. The lowest BCUT2D eigenvalue weighted by Gasteiger charge is -2.17. The van der Waals surface area contributed by atoms with Gasteiger partial charge in [-0.1, -0.05) is 19.4 Å². The molecule has 1 N–H and O–H groups in total. The molecule has 3 nitrogen and oxygen atoms in total. The molecule has 0 aliphatic carbocycles. The van der Waals surface area contributed by atoms with Crippen LogP contribution in [0.25, 0.3) is 0 Å². The molecule has 0 aliphatic heterocycles. The van der Waals surface area contributed by atoms with E-state index in [1.165, 1.54) is 6.07 Å². The van der Waals surface area contributed by atoms with Gasteiger partial charge in [-0.05, 0) is 12.5 Å². The van der Waals surface area contributed by atoms with Crippen LogP contribution >= 0.6 is 0 Å². The summed E-state index contributed by atoms with van der Waals surface area (Å²) in [6.07, 6.45) is 2.15. The van der Waals surface area contributed by atoms with Crippen molar-refractivity contribution in [2.24, 2.45) is 0 Å². The molecule has 0 saturated heterocycles. The van der Waals surface area contributed by atoms with Crippen LogP contribution in [0.15, 0.2) is 18.2 Å². The second-order valence-electron chi connectivity index (χ2n) is 3.90. The van der Waals surface area contributed by atoms with E-state index in [-0.39, 0.29) is 5.56 Å². The van der Waals surface area contributed by atoms with E-state index in [0.717, 1.165) is 18.4 Å². The molecule has 6 heteroatoms. The minimum absolute atomic E-state index is 0.165. The predicted molar refractivity (Wildman–Crippen MR) is 62.0 cm³/mol. The highest BCUT2D eigenvalue weighted by Crippen LogP contribution is 2.22. The molecule has 1 atom stereocenters. The van der Waals surface area contributed by atoms with Crippen LogP contribution in [0.4, 0.5) is 8.78 Å². The van der Waals surface area contributed by atoms with Crippen molar-refractivity contribution in [3.8, 4) is 0 Å². The van der Waals surface area contributed by atoms with Crippen LogP contribution in [0.1, 0.15) is 31.4 Å². The normalized spacial score (nSPS) is 13.6. The van der Waals surface area contributed by atoms with Gasteiger partial charge in [0.1, 0.15) is 11.6 Å². The van der Waals surface area contributed by atoms with E-state index in [0.29, 0.717) is 12.8 Å². The van der Waals surface area contributed by atoms with Crippen LogP contribution in [-0.2, 0) is 10.0 Å². The van der Waals surface area contributed by atoms with Gasteiger partial charge in [-0.3, -0.25) is 0 Å². The Morgan fingerprint density at radius 2 is 2.00 bits per heavy atom. The quantitative estimate of drug-likeness (QED) is 0.886. The van der Waals surface area contributed by atoms with Gasteiger partial charge in [0.2, 0.25) is 10.0 Å². The van der Waals surface area contributed by atoms with Crippen LogP contribution in [0.2, 0.25) is 0 Å². The van der Waals surface area contributed by atoms with Crippen molar-refractivity contribution >= 4 is 10.0 Å². The minimum Gasteiger partial charge on any atom is -0.213 e. The fourth-order valence-electron chi connectivity index (χ4n) is 1.61. The predicted octanol–water partition coefficient (Wildman–Crippen LogP) is 2.36. The molecule has 17 heavy (non-hydrogen) atoms. The molecular weight excluding hydrogens is 248 g/mol. The number of hydrogen-bond donors (Lipinski definition) is 1. The first kappa shape index (κ1) is 14.1. The van der Waals surface area contributed by atoms with Crippen LogP contribution in [0, 0.1) is 11.6 Å². The Kier molecular flexibility index (Phi) is 4.59. The van der Waals surface area contributed by atoms with E-state index in [9.17, 15) is 17.2 Å². The van der Waals surface area contributed by atoms with Gasteiger partial charge < -0.3 is 0 Å². The average molecular weight is 263 g/mol. The van der Waals surface area contributed by atoms with Crippen molar-refractivity contribution in [2.45, 2.75) is 25.8 Å². The smallest absolute Gasteiger partial charge is 0.209 e. The Hall–Kier alpha value is -1.01. The minimum atomic E-state index is -3.43. The van der Waals surface area contributed by atoms with Gasteiger partial charge in [0, 0.05) is 17.7 Å². The standard InChI is InChI=1S/C11H15F2NO2S/c1-3-4-11(14-17(2,15)16)9-6-5-8(12)7-10(9)13/h5-7,11,14H,3-4H2,1-2H3/t11-/m1/s1. The third kappa shape index (κ3) is 4.40. The second-order valence-corrected chi connectivity index (χ2v) is 5.68. The van der Waals surface area contributed by atoms with Gasteiger partial charge in [0.05, 0.1) is 6.26 Å². The van der Waals surface area contributed by atoms with Gasteiger partial charge in [-0.25, -0.2) is 21.9 Å². The fraction of sp³-hybridized carbons (Fsp3) is 0.455. The highest BCUT2D eigenvalue weighted by atomic mass is 32.2. The average Bonchev–Trinajstić information content (AvgIpc) is 2.14. The van der Waals surface area contributed by atoms with Crippen LogP contribution in [0.3, 0.4) is 0 Å². The zero-order chi connectivity index (χ0) is 13.1. The number of rotatable bonds is 5. The topological polar surface area (TPSA) is 46.2 Å². The molecule has 0 aliphatic rings. The van der Waals surface area contributed by atoms with Gasteiger partial charge in [0.15, 0.2) is 0 Å². The van der Waals surface area contributed by atoms with E-state index in [4.69, 9.17) is 0 Å². The largest absolute Gasteiger partial charge is 0.213 e. The van der Waals surface area contributed by atoms with Crippen molar-refractivity contribution < 1.29 is 17.2 Å². The molecule has 0 bridgehead atoms. The highest BCUT2D eigenvalue weighted by molar-refractivity contribution is 7.88. The molecule has 0 aromatic heterocycles. The maximum Gasteiger partial charge on any atom is 0.209 e. The fourth-order valence-corrected chi connectivity index (χ4v) is 2.37. The molecule has 0 heterocycles. The summed E-state index contributed by atoms with van der Waals surface area (Å²) >= 11 is 0. The summed E-state index contributed by atoms with van der Waals surface area (Å²) in [5, 5.41) is 0. The Labute approximate surface area is 99.9 Å². The maximum atomic E-state index is 13.5. The molecule has 0 saturated carbocycles. The van der Waals surface area contributed by atoms with Crippen molar-refractivity contribution in [3.05, 3.63) is 35.4 Å². The summed E-state index contributed by atoms with van der Waals surface area (Å²) in [5.74, 6) is -1.42.